The van der Waals surface area contributed by atoms with Gasteiger partial charge in [0.25, 0.3) is 0 Å². The minimum absolute atomic E-state index is 0.0311. The quantitative estimate of drug-likeness (QED) is 0.268. The number of rotatable bonds is 6. The molecule has 0 aliphatic heterocycles. The van der Waals surface area contributed by atoms with Crippen LogP contribution in [-0.2, 0) is 16.2 Å². The Kier molecular flexibility index (Phi) is 8.97. The predicted octanol–water partition coefficient (Wildman–Crippen LogP) is 10.7. The molecule has 0 heterocycles. The first kappa shape index (κ1) is 31.1. The molecule has 4 heteroatoms. The molecule has 2 radical (unpaired) electrons. The van der Waals surface area contributed by atoms with Crippen molar-refractivity contribution in [2.45, 2.75) is 111 Å². The minimum atomic E-state index is -0.614. The fourth-order valence-electron chi connectivity index (χ4n) is 3.97. The van der Waals surface area contributed by atoms with E-state index in [-0.39, 0.29) is 20.5 Å². The fraction of sp³-hybridized carbons (Fsp3) is 0.486. The van der Waals surface area contributed by atoms with Gasteiger partial charge in [-0.2, -0.15) is 0 Å². The van der Waals surface area contributed by atoms with E-state index in [1.165, 1.54) is 16.7 Å². The molecule has 0 atom stereocenters. The third-order valence-electron chi connectivity index (χ3n) is 6.36. The van der Waals surface area contributed by atoms with Gasteiger partial charge >= 0.3 is 206 Å². The van der Waals surface area contributed by atoms with Crippen LogP contribution in [0.2, 0.25) is 4.25 Å². The van der Waals surface area contributed by atoms with Crippen LogP contribution in [0.4, 0.5) is 0 Å². The van der Waals surface area contributed by atoms with Crippen molar-refractivity contribution in [3.63, 3.8) is 0 Å². The van der Waals surface area contributed by atoms with Crippen LogP contribution in [0.1, 0.15) is 105 Å². The summed E-state index contributed by atoms with van der Waals surface area (Å²) >= 11 is -0.614. The maximum absolute atomic E-state index is 6.56. The van der Waals surface area contributed by atoms with Crippen molar-refractivity contribution in [3.8, 4) is 28.7 Å². The van der Waals surface area contributed by atoms with Gasteiger partial charge in [0.15, 0.2) is 0 Å². The summed E-state index contributed by atoms with van der Waals surface area (Å²) in [5, 5.41) is 0. The summed E-state index contributed by atoms with van der Waals surface area (Å²) in [7, 11) is 0. The van der Waals surface area contributed by atoms with Crippen LogP contribution >= 0.6 is 0 Å². The molecular formula is C35H48GeO3. The van der Waals surface area contributed by atoms with Crippen molar-refractivity contribution in [1.82, 2.24) is 0 Å². The van der Waals surface area contributed by atoms with E-state index < -0.39 is 15.8 Å². The Morgan fingerprint density at radius 1 is 0.436 bits per heavy atom. The van der Waals surface area contributed by atoms with Crippen molar-refractivity contribution in [2.24, 2.45) is 0 Å². The van der Waals surface area contributed by atoms with Crippen LogP contribution in [0.3, 0.4) is 0 Å². The Morgan fingerprint density at radius 3 is 1.15 bits per heavy atom. The zero-order valence-corrected chi connectivity index (χ0v) is 28.5. The average Bonchev–Trinajstić information content (AvgIpc) is 2.75. The molecule has 210 valence electrons. The van der Waals surface area contributed by atoms with Gasteiger partial charge in [-0.3, -0.25) is 0 Å². The monoisotopic (exact) mass is 590 g/mol. The van der Waals surface area contributed by atoms with Crippen molar-refractivity contribution in [2.75, 3.05) is 0 Å². The molecule has 0 saturated carbocycles. The fourth-order valence-corrected chi connectivity index (χ4v) is 5.11. The van der Waals surface area contributed by atoms with Gasteiger partial charge in [-0.1, -0.05) is 26.8 Å². The van der Waals surface area contributed by atoms with Crippen molar-refractivity contribution >= 4 is 15.8 Å². The summed E-state index contributed by atoms with van der Waals surface area (Å²) in [4.78, 5) is 0. The van der Waals surface area contributed by atoms with Gasteiger partial charge in [-0.15, -0.1) is 0 Å². The number of benzene rings is 3. The van der Waals surface area contributed by atoms with Crippen LogP contribution in [0.25, 0.3) is 0 Å². The topological polar surface area (TPSA) is 27.7 Å². The third kappa shape index (κ3) is 9.34. The normalized spacial score (nSPS) is 12.8. The Hall–Kier alpha value is -2.40. The first-order chi connectivity index (χ1) is 17.7. The Balaban J connectivity index is 2.03. The van der Waals surface area contributed by atoms with E-state index in [2.05, 4.69) is 132 Å². The van der Waals surface area contributed by atoms with Gasteiger partial charge in [0.05, 0.1) is 0 Å². The first-order valence-corrected chi connectivity index (χ1v) is 15.8. The van der Waals surface area contributed by atoms with E-state index in [9.17, 15) is 0 Å². The smallest absolute Gasteiger partial charge is 0.0561 e. The van der Waals surface area contributed by atoms with Crippen LogP contribution in [-0.4, -0.2) is 15.8 Å². The molecule has 3 aromatic rings. The molecule has 0 aliphatic carbocycles. The molecule has 3 aromatic carbocycles. The average molecular weight is 589 g/mol. The zero-order valence-electron chi connectivity index (χ0n) is 26.4. The molecule has 0 aromatic heterocycles. The molecule has 0 fully saturated rings. The van der Waals surface area contributed by atoms with E-state index in [1.54, 1.807) is 0 Å². The first-order valence-electron chi connectivity index (χ1n) is 13.9. The van der Waals surface area contributed by atoms with E-state index >= 15 is 0 Å². The second kappa shape index (κ2) is 11.2. The van der Waals surface area contributed by atoms with Gasteiger partial charge in [0, 0.05) is 0 Å². The Bertz CT molecular complexity index is 1300. The number of aryl methyl sites for hydroxylation is 1. The molecule has 0 saturated heterocycles. The molecular weight excluding hydrogens is 541 g/mol. The second-order valence-corrected chi connectivity index (χ2v) is 18.8. The zero-order chi connectivity index (χ0) is 29.4. The maximum atomic E-state index is 6.56. The number of ether oxygens (including phenoxy) is 2. The van der Waals surface area contributed by atoms with Gasteiger partial charge in [-0.25, -0.2) is 0 Å². The third-order valence-corrected chi connectivity index (χ3v) is 8.35. The molecule has 0 spiro atoms. The van der Waals surface area contributed by atoms with Gasteiger partial charge in [0.2, 0.25) is 0 Å². The molecule has 3 rings (SSSR count). The van der Waals surface area contributed by atoms with Crippen LogP contribution < -0.4 is 13.2 Å². The Labute approximate surface area is 244 Å². The minimum Gasteiger partial charge on any atom is -0.0561 e. The van der Waals surface area contributed by atoms with Gasteiger partial charge < -0.3 is 0 Å². The van der Waals surface area contributed by atoms with Gasteiger partial charge in [0.1, 0.15) is 0 Å². The predicted molar refractivity (Wildman–Crippen MR) is 166 cm³/mol. The summed E-state index contributed by atoms with van der Waals surface area (Å²) in [6, 6.07) is 19.0. The summed E-state index contributed by atoms with van der Waals surface area (Å²) in [5.74, 6) is 4.02. The summed E-state index contributed by atoms with van der Waals surface area (Å²) in [6.45, 7) is 28.8. The molecule has 0 amide bonds. The van der Waals surface area contributed by atoms with Crippen molar-refractivity contribution < 1.29 is 13.2 Å². The SMILES string of the molecule is Cc1cc(Oc2cc(Oc3cc([O][Ge][C](C)(C)C)cc(C(C)(C)C)c3)cc(C(C)(C)C)c2)cc(C(C)(C)C)c1. The summed E-state index contributed by atoms with van der Waals surface area (Å²) in [6.07, 6.45) is 0. The van der Waals surface area contributed by atoms with Gasteiger partial charge in [-0.05, 0) is 12.3 Å². The van der Waals surface area contributed by atoms with Crippen molar-refractivity contribution in [1.29, 1.82) is 0 Å². The summed E-state index contributed by atoms with van der Waals surface area (Å²) in [5.41, 5.74) is 4.72. The number of hydrogen-bond acceptors (Lipinski definition) is 3. The molecule has 0 N–H and O–H groups in total. The summed E-state index contributed by atoms with van der Waals surface area (Å²) < 4.78 is 19.6. The van der Waals surface area contributed by atoms with E-state index in [0.29, 0.717) is 0 Å². The van der Waals surface area contributed by atoms with Crippen LogP contribution in [0.5, 0.6) is 28.7 Å². The molecule has 0 unspecified atom stereocenters. The molecule has 39 heavy (non-hydrogen) atoms. The van der Waals surface area contributed by atoms with E-state index in [4.69, 9.17) is 13.2 Å². The van der Waals surface area contributed by atoms with E-state index in [1.807, 2.05) is 12.1 Å². The molecule has 3 nitrogen and oxygen atoms in total. The van der Waals surface area contributed by atoms with Crippen LogP contribution in [0.15, 0.2) is 54.6 Å². The molecule has 0 aliphatic rings. The van der Waals surface area contributed by atoms with Crippen LogP contribution in [0, 0.1) is 6.92 Å². The van der Waals surface area contributed by atoms with E-state index in [0.717, 1.165) is 34.3 Å². The second-order valence-electron chi connectivity index (χ2n) is 14.8. The standard InChI is InChI=1S/C35H48GeO3/c1-23-14-24(32(2,3)4)16-27(15-23)37-28-17-25(33(5,6)7)18-29(21-28)38-30-19-26(34(8,9)10)20-31(22-30)39-36-35(11,12)13/h14-22H,1-13H3. The van der Waals surface area contributed by atoms with Crippen molar-refractivity contribution in [3.05, 3.63) is 76.9 Å². The number of hydrogen-bond donors (Lipinski definition) is 0. The Morgan fingerprint density at radius 2 is 0.769 bits per heavy atom. The molecule has 0 bridgehead atoms.